The summed E-state index contributed by atoms with van der Waals surface area (Å²) < 4.78 is 10.3. The summed E-state index contributed by atoms with van der Waals surface area (Å²) in [5.74, 6) is 0.0825. The van der Waals surface area contributed by atoms with Gasteiger partial charge in [0.2, 0.25) is 5.91 Å². The predicted octanol–water partition coefficient (Wildman–Crippen LogP) is 1.82. The Morgan fingerprint density at radius 1 is 1.00 bits per heavy atom. The van der Waals surface area contributed by atoms with Crippen molar-refractivity contribution >= 4 is 17.6 Å². The lowest BCUT2D eigenvalue weighted by atomic mass is 10.1. The summed E-state index contributed by atoms with van der Waals surface area (Å²) >= 11 is 0. The van der Waals surface area contributed by atoms with E-state index < -0.39 is 0 Å². The average Bonchev–Trinajstić information content (AvgIpc) is 2.71. The molecule has 2 rings (SSSR count). The first-order valence-corrected chi connectivity index (χ1v) is 9.40. The predicted molar refractivity (Wildman–Crippen MR) is 112 cm³/mol. The van der Waals surface area contributed by atoms with Crippen LogP contribution in [0.15, 0.2) is 36.4 Å². The molecule has 156 valence electrons. The van der Waals surface area contributed by atoms with Gasteiger partial charge >= 0.3 is 0 Å². The second-order valence-corrected chi connectivity index (χ2v) is 6.38. The van der Waals surface area contributed by atoms with Crippen molar-refractivity contribution in [2.45, 2.75) is 13.5 Å². The third-order valence-electron chi connectivity index (χ3n) is 4.06. The first-order chi connectivity index (χ1) is 14.0. The molecular weight excluding hydrogens is 372 g/mol. The molecule has 0 unspecified atom stereocenters. The van der Waals surface area contributed by atoms with Crippen molar-refractivity contribution in [3.05, 3.63) is 47.5 Å². The van der Waals surface area contributed by atoms with Gasteiger partial charge in [0.15, 0.2) is 0 Å². The number of nitrogens with one attached hydrogen (secondary N) is 3. The van der Waals surface area contributed by atoms with E-state index in [2.05, 4.69) is 20.9 Å². The average molecular weight is 400 g/mol. The summed E-state index contributed by atoms with van der Waals surface area (Å²) in [6.45, 7) is 3.65. The van der Waals surface area contributed by atoms with Crippen LogP contribution in [0.25, 0.3) is 11.3 Å². The lowest BCUT2D eigenvalue weighted by molar-refractivity contribution is -0.118. The molecule has 3 N–H and O–H groups in total. The van der Waals surface area contributed by atoms with E-state index >= 15 is 0 Å². The van der Waals surface area contributed by atoms with E-state index in [0.717, 1.165) is 16.8 Å². The topological polar surface area (TPSA) is 102 Å². The number of hydrogen-bond acceptors (Lipinski definition) is 6. The van der Waals surface area contributed by atoms with Crippen LogP contribution in [0, 0.1) is 0 Å². The van der Waals surface area contributed by atoms with Crippen molar-refractivity contribution in [2.24, 2.45) is 0 Å². The third kappa shape index (κ3) is 7.17. The molecule has 0 bridgehead atoms. The van der Waals surface area contributed by atoms with Crippen molar-refractivity contribution in [3.8, 4) is 11.3 Å². The van der Waals surface area contributed by atoms with Gasteiger partial charge in [0.05, 0.1) is 24.5 Å². The van der Waals surface area contributed by atoms with Crippen molar-refractivity contribution < 1.29 is 19.1 Å². The quantitative estimate of drug-likeness (QED) is 0.498. The highest BCUT2D eigenvalue weighted by Crippen LogP contribution is 2.23. The number of aromatic nitrogens is 1. The van der Waals surface area contributed by atoms with Gasteiger partial charge in [-0.1, -0.05) is 18.2 Å². The standard InChI is InChI=1S/C21H28N4O4/c1-15(26)22-9-10-24-21(27)18-7-8-19(25-20(18)23-11-12-28-2)17-6-4-5-16(13-17)14-29-3/h4-8,13H,9-12,14H2,1-3H3,(H,22,26)(H,23,25)(H,24,27). The van der Waals surface area contributed by atoms with E-state index in [1.165, 1.54) is 6.92 Å². The number of pyridine rings is 1. The highest BCUT2D eigenvalue weighted by atomic mass is 16.5. The Morgan fingerprint density at radius 3 is 2.52 bits per heavy atom. The summed E-state index contributed by atoms with van der Waals surface area (Å²) in [6.07, 6.45) is 0. The van der Waals surface area contributed by atoms with E-state index in [-0.39, 0.29) is 11.8 Å². The number of amides is 2. The first kappa shape index (κ1) is 22.3. The molecule has 1 aromatic heterocycles. The number of nitrogens with zero attached hydrogens (tertiary/aromatic N) is 1. The maximum Gasteiger partial charge on any atom is 0.255 e. The van der Waals surface area contributed by atoms with Crippen molar-refractivity contribution in [1.29, 1.82) is 0 Å². The van der Waals surface area contributed by atoms with Crippen LogP contribution in [0.3, 0.4) is 0 Å². The molecule has 0 saturated carbocycles. The normalized spacial score (nSPS) is 10.4. The molecule has 1 aromatic carbocycles. The number of rotatable bonds is 11. The lowest BCUT2D eigenvalue weighted by Gasteiger charge is -2.13. The van der Waals surface area contributed by atoms with E-state index in [4.69, 9.17) is 9.47 Å². The third-order valence-corrected chi connectivity index (χ3v) is 4.06. The second-order valence-electron chi connectivity index (χ2n) is 6.38. The molecule has 0 fully saturated rings. The number of carbonyl (C=O) groups excluding carboxylic acids is 2. The van der Waals surface area contributed by atoms with Gasteiger partial charge in [-0.2, -0.15) is 0 Å². The first-order valence-electron chi connectivity index (χ1n) is 9.40. The summed E-state index contributed by atoms with van der Waals surface area (Å²) in [5, 5.41) is 8.59. The van der Waals surface area contributed by atoms with Gasteiger partial charge in [-0.25, -0.2) is 4.98 Å². The Hall–Kier alpha value is -2.97. The molecule has 8 nitrogen and oxygen atoms in total. The summed E-state index contributed by atoms with van der Waals surface area (Å²) in [5.41, 5.74) is 3.16. The molecule has 0 saturated heterocycles. The molecule has 8 heteroatoms. The second kappa shape index (κ2) is 11.8. The van der Waals surface area contributed by atoms with E-state index in [0.29, 0.717) is 44.2 Å². The molecule has 1 heterocycles. The zero-order chi connectivity index (χ0) is 21.1. The van der Waals surface area contributed by atoms with E-state index in [1.54, 1.807) is 20.3 Å². The number of hydrogen-bond donors (Lipinski definition) is 3. The zero-order valence-electron chi connectivity index (χ0n) is 17.1. The number of anilines is 1. The fourth-order valence-electron chi connectivity index (χ4n) is 2.71. The van der Waals surface area contributed by atoms with Crippen LogP contribution >= 0.6 is 0 Å². The molecule has 0 aliphatic rings. The molecule has 29 heavy (non-hydrogen) atoms. The Bertz CT molecular complexity index is 826. The number of carbonyl (C=O) groups is 2. The fraction of sp³-hybridized carbons (Fsp3) is 0.381. The van der Waals surface area contributed by atoms with Gasteiger partial charge in [-0.15, -0.1) is 0 Å². The highest BCUT2D eigenvalue weighted by Gasteiger charge is 2.14. The van der Waals surface area contributed by atoms with Gasteiger partial charge in [0, 0.05) is 46.3 Å². The maximum atomic E-state index is 12.6. The minimum absolute atomic E-state index is 0.136. The minimum atomic E-state index is -0.262. The van der Waals surface area contributed by atoms with Crippen molar-refractivity contribution in [2.75, 3.05) is 45.8 Å². The highest BCUT2D eigenvalue weighted by molar-refractivity contribution is 5.99. The van der Waals surface area contributed by atoms with Gasteiger partial charge in [0.1, 0.15) is 5.82 Å². The Labute approximate surface area is 171 Å². The van der Waals surface area contributed by atoms with Crippen LogP contribution < -0.4 is 16.0 Å². The molecule has 0 aliphatic heterocycles. The van der Waals surface area contributed by atoms with Gasteiger partial charge < -0.3 is 25.4 Å². The molecule has 0 spiro atoms. The minimum Gasteiger partial charge on any atom is -0.383 e. The smallest absolute Gasteiger partial charge is 0.255 e. The van der Waals surface area contributed by atoms with Gasteiger partial charge in [-0.05, 0) is 23.8 Å². The Balaban J connectivity index is 2.21. The summed E-state index contributed by atoms with van der Waals surface area (Å²) in [4.78, 5) is 28.2. The summed E-state index contributed by atoms with van der Waals surface area (Å²) in [7, 11) is 3.27. The monoisotopic (exact) mass is 400 g/mol. The largest absolute Gasteiger partial charge is 0.383 e. The number of benzene rings is 1. The molecule has 2 amide bonds. The molecule has 0 radical (unpaired) electrons. The van der Waals surface area contributed by atoms with Crippen molar-refractivity contribution in [3.63, 3.8) is 0 Å². The van der Waals surface area contributed by atoms with Crippen molar-refractivity contribution in [1.82, 2.24) is 15.6 Å². The number of methoxy groups -OCH3 is 2. The SMILES string of the molecule is COCCNc1nc(-c2cccc(COC)c2)ccc1C(=O)NCCNC(C)=O. The van der Waals surface area contributed by atoms with E-state index in [9.17, 15) is 9.59 Å². The molecular formula is C21H28N4O4. The van der Waals surface area contributed by atoms with Crippen LogP contribution in [0.2, 0.25) is 0 Å². The fourth-order valence-corrected chi connectivity index (χ4v) is 2.71. The Morgan fingerprint density at radius 2 is 1.79 bits per heavy atom. The molecule has 0 aliphatic carbocycles. The van der Waals surface area contributed by atoms with Crippen LogP contribution in [-0.2, 0) is 20.9 Å². The van der Waals surface area contributed by atoms with Crippen LogP contribution in [0.4, 0.5) is 5.82 Å². The lowest BCUT2D eigenvalue weighted by Crippen LogP contribution is -2.34. The van der Waals surface area contributed by atoms with Gasteiger partial charge in [0.25, 0.3) is 5.91 Å². The maximum absolute atomic E-state index is 12.6. The molecule has 2 aromatic rings. The zero-order valence-corrected chi connectivity index (χ0v) is 17.1. The molecule has 0 atom stereocenters. The van der Waals surface area contributed by atoms with Crippen LogP contribution in [0.1, 0.15) is 22.8 Å². The van der Waals surface area contributed by atoms with E-state index in [1.807, 2.05) is 30.3 Å². The van der Waals surface area contributed by atoms with Crippen LogP contribution in [-0.4, -0.2) is 57.3 Å². The number of ether oxygens (including phenoxy) is 2. The van der Waals surface area contributed by atoms with Gasteiger partial charge in [-0.3, -0.25) is 9.59 Å². The summed E-state index contributed by atoms with van der Waals surface area (Å²) in [6, 6.07) is 11.5. The Kier molecular flexibility index (Phi) is 9.07. The van der Waals surface area contributed by atoms with Crippen LogP contribution in [0.5, 0.6) is 0 Å².